The summed E-state index contributed by atoms with van der Waals surface area (Å²) in [7, 11) is 0. The number of benzene rings is 2. The lowest BCUT2D eigenvalue weighted by Crippen LogP contribution is -2.14. The molecule has 6 nitrogen and oxygen atoms in total. The summed E-state index contributed by atoms with van der Waals surface area (Å²) in [6.07, 6.45) is 1.49. The number of hydrogen-bond donors (Lipinski definition) is 1. The molecule has 1 heterocycles. The molecule has 3 rings (SSSR count). The van der Waals surface area contributed by atoms with Crippen molar-refractivity contribution in [2.45, 2.75) is 13.8 Å². The van der Waals surface area contributed by atoms with Crippen LogP contribution in [-0.4, -0.2) is 26.1 Å². The van der Waals surface area contributed by atoms with Gasteiger partial charge in [-0.25, -0.2) is 4.68 Å². The number of carbonyl (C=O) groups is 1. The van der Waals surface area contributed by atoms with Crippen molar-refractivity contribution in [2.24, 2.45) is 0 Å². The Morgan fingerprint density at radius 1 is 1.09 bits per heavy atom. The Labute approximate surface area is 127 Å². The van der Waals surface area contributed by atoms with Crippen molar-refractivity contribution in [2.75, 3.05) is 5.32 Å². The first-order valence-corrected chi connectivity index (χ1v) is 6.86. The maximum Gasteiger partial charge on any atom is 0.255 e. The van der Waals surface area contributed by atoms with Crippen molar-refractivity contribution in [3.8, 4) is 5.69 Å². The molecule has 0 unspecified atom stereocenters. The van der Waals surface area contributed by atoms with Gasteiger partial charge in [0.1, 0.15) is 6.33 Å². The van der Waals surface area contributed by atoms with Crippen LogP contribution in [0.15, 0.2) is 48.8 Å². The Morgan fingerprint density at radius 3 is 2.50 bits per heavy atom. The van der Waals surface area contributed by atoms with Gasteiger partial charge in [0, 0.05) is 11.3 Å². The van der Waals surface area contributed by atoms with E-state index in [4.69, 9.17) is 0 Å². The van der Waals surface area contributed by atoms with Crippen LogP contribution in [0.1, 0.15) is 21.5 Å². The second-order valence-corrected chi connectivity index (χ2v) is 5.03. The van der Waals surface area contributed by atoms with Gasteiger partial charge in [-0.1, -0.05) is 24.3 Å². The number of carbonyl (C=O) groups excluding carboxylic acids is 1. The van der Waals surface area contributed by atoms with E-state index < -0.39 is 0 Å². The molecule has 0 bridgehead atoms. The van der Waals surface area contributed by atoms with E-state index in [1.807, 2.05) is 38.1 Å². The van der Waals surface area contributed by atoms with E-state index in [1.165, 1.54) is 11.0 Å². The van der Waals surface area contributed by atoms with Crippen LogP contribution in [0.2, 0.25) is 0 Å². The normalized spacial score (nSPS) is 10.5. The van der Waals surface area contributed by atoms with Crippen molar-refractivity contribution in [1.82, 2.24) is 20.2 Å². The molecule has 0 aliphatic heterocycles. The molecule has 0 fully saturated rings. The summed E-state index contributed by atoms with van der Waals surface area (Å²) in [5.41, 5.74) is 4.20. The highest BCUT2D eigenvalue weighted by molar-refractivity contribution is 6.05. The highest BCUT2D eigenvalue weighted by atomic mass is 16.1. The third-order valence-corrected chi connectivity index (χ3v) is 3.44. The lowest BCUT2D eigenvalue weighted by Gasteiger charge is -2.12. The number of nitrogens with zero attached hydrogens (tertiary/aromatic N) is 4. The van der Waals surface area contributed by atoms with Gasteiger partial charge in [0.2, 0.25) is 0 Å². The lowest BCUT2D eigenvalue weighted by atomic mass is 10.1. The molecule has 1 N–H and O–H groups in total. The summed E-state index contributed by atoms with van der Waals surface area (Å²) in [5.74, 6) is -0.160. The topological polar surface area (TPSA) is 72.7 Å². The maximum absolute atomic E-state index is 12.5. The number of rotatable bonds is 3. The summed E-state index contributed by atoms with van der Waals surface area (Å²) < 4.78 is 1.51. The Morgan fingerprint density at radius 2 is 1.82 bits per heavy atom. The Bertz CT molecular complexity index is 791. The van der Waals surface area contributed by atoms with Gasteiger partial charge < -0.3 is 5.32 Å². The minimum absolute atomic E-state index is 0.160. The molecule has 0 radical (unpaired) electrons. The Hall–Kier alpha value is -3.02. The number of para-hydroxylation sites is 1. The smallest absolute Gasteiger partial charge is 0.255 e. The van der Waals surface area contributed by atoms with Gasteiger partial charge >= 0.3 is 0 Å². The SMILES string of the molecule is Cc1cccc(C)c1NC(=O)c1cccc(-n2cnnn2)c1. The summed E-state index contributed by atoms with van der Waals surface area (Å²) in [4.78, 5) is 12.5. The van der Waals surface area contributed by atoms with Crippen LogP contribution < -0.4 is 5.32 Å². The van der Waals surface area contributed by atoms with Crippen molar-refractivity contribution >= 4 is 11.6 Å². The largest absolute Gasteiger partial charge is 0.322 e. The summed E-state index contributed by atoms with van der Waals surface area (Å²) in [6, 6.07) is 13.1. The van der Waals surface area contributed by atoms with Crippen LogP contribution >= 0.6 is 0 Å². The second-order valence-electron chi connectivity index (χ2n) is 5.03. The van der Waals surface area contributed by atoms with Crippen molar-refractivity contribution in [3.63, 3.8) is 0 Å². The molecule has 6 heteroatoms. The number of hydrogen-bond acceptors (Lipinski definition) is 4. The fraction of sp³-hybridized carbons (Fsp3) is 0.125. The van der Waals surface area contributed by atoms with Crippen molar-refractivity contribution < 1.29 is 4.79 Å². The van der Waals surface area contributed by atoms with Gasteiger partial charge in [-0.2, -0.15) is 0 Å². The average molecular weight is 293 g/mol. The van der Waals surface area contributed by atoms with Crippen molar-refractivity contribution in [1.29, 1.82) is 0 Å². The highest BCUT2D eigenvalue weighted by Crippen LogP contribution is 2.20. The number of anilines is 1. The van der Waals surface area contributed by atoms with Crippen LogP contribution in [0.4, 0.5) is 5.69 Å². The van der Waals surface area contributed by atoms with E-state index in [0.717, 1.165) is 22.5 Å². The summed E-state index contributed by atoms with van der Waals surface area (Å²) in [5, 5.41) is 14.0. The number of aryl methyl sites for hydroxylation is 2. The van der Waals surface area contributed by atoms with E-state index in [9.17, 15) is 4.79 Å². The highest BCUT2D eigenvalue weighted by Gasteiger charge is 2.10. The first-order chi connectivity index (χ1) is 10.6. The van der Waals surface area contributed by atoms with Gasteiger partial charge in [-0.3, -0.25) is 4.79 Å². The average Bonchev–Trinajstić information content (AvgIpc) is 3.05. The zero-order valence-electron chi connectivity index (χ0n) is 12.3. The molecule has 0 atom stereocenters. The Balaban J connectivity index is 1.88. The number of amides is 1. The van der Waals surface area contributed by atoms with Gasteiger partial charge in [0.15, 0.2) is 0 Å². The van der Waals surface area contributed by atoms with Crippen LogP contribution in [-0.2, 0) is 0 Å². The van der Waals surface area contributed by atoms with Gasteiger partial charge in [-0.05, 0) is 53.6 Å². The third kappa shape index (κ3) is 2.71. The third-order valence-electron chi connectivity index (χ3n) is 3.44. The molecule has 1 amide bonds. The number of nitrogens with one attached hydrogen (secondary N) is 1. The molecule has 0 saturated carbocycles. The van der Waals surface area contributed by atoms with E-state index in [1.54, 1.807) is 18.2 Å². The van der Waals surface area contributed by atoms with Crippen LogP contribution in [0.5, 0.6) is 0 Å². The molecule has 2 aromatic carbocycles. The van der Waals surface area contributed by atoms with Crippen LogP contribution in [0.3, 0.4) is 0 Å². The predicted octanol–water partition coefficient (Wildman–Crippen LogP) is 2.53. The first kappa shape index (κ1) is 13.9. The molecule has 110 valence electrons. The number of tetrazole rings is 1. The standard InChI is InChI=1S/C16H15N5O/c1-11-5-3-6-12(2)15(11)18-16(22)13-7-4-8-14(9-13)21-10-17-19-20-21/h3-10H,1-2H3,(H,18,22). The minimum atomic E-state index is -0.160. The lowest BCUT2D eigenvalue weighted by molar-refractivity contribution is 0.102. The molecular formula is C16H15N5O. The van der Waals surface area contributed by atoms with E-state index in [-0.39, 0.29) is 5.91 Å². The van der Waals surface area contributed by atoms with Gasteiger partial charge in [0.25, 0.3) is 5.91 Å². The summed E-state index contributed by atoms with van der Waals surface area (Å²) in [6.45, 7) is 3.94. The molecule has 0 saturated heterocycles. The molecular weight excluding hydrogens is 278 g/mol. The van der Waals surface area contributed by atoms with Crippen molar-refractivity contribution in [3.05, 3.63) is 65.5 Å². The van der Waals surface area contributed by atoms with E-state index in [2.05, 4.69) is 20.8 Å². The monoisotopic (exact) mass is 293 g/mol. The fourth-order valence-corrected chi connectivity index (χ4v) is 2.27. The quantitative estimate of drug-likeness (QED) is 0.805. The molecule has 0 aliphatic carbocycles. The molecule has 22 heavy (non-hydrogen) atoms. The predicted molar refractivity (Wildman–Crippen MR) is 83.0 cm³/mol. The van der Waals surface area contributed by atoms with Crippen LogP contribution in [0, 0.1) is 13.8 Å². The zero-order chi connectivity index (χ0) is 15.5. The fourth-order valence-electron chi connectivity index (χ4n) is 2.27. The van der Waals surface area contributed by atoms with E-state index in [0.29, 0.717) is 5.56 Å². The molecule has 1 aromatic heterocycles. The maximum atomic E-state index is 12.5. The zero-order valence-corrected chi connectivity index (χ0v) is 12.3. The van der Waals surface area contributed by atoms with Crippen LogP contribution in [0.25, 0.3) is 5.69 Å². The molecule has 0 aliphatic rings. The molecule has 0 spiro atoms. The minimum Gasteiger partial charge on any atom is -0.322 e. The summed E-state index contributed by atoms with van der Waals surface area (Å²) >= 11 is 0. The van der Waals surface area contributed by atoms with E-state index >= 15 is 0 Å². The number of aromatic nitrogens is 4. The first-order valence-electron chi connectivity index (χ1n) is 6.86. The van der Waals surface area contributed by atoms with Gasteiger partial charge in [-0.15, -0.1) is 5.10 Å². The molecule has 3 aromatic rings. The Kier molecular flexibility index (Phi) is 3.65. The second kappa shape index (κ2) is 5.77. The van der Waals surface area contributed by atoms with Gasteiger partial charge in [0.05, 0.1) is 5.69 Å².